The van der Waals surface area contributed by atoms with E-state index in [0.717, 1.165) is 72.4 Å². The zero-order valence-corrected chi connectivity index (χ0v) is 37.2. The van der Waals surface area contributed by atoms with Crippen molar-refractivity contribution in [1.82, 2.24) is 0 Å². The summed E-state index contributed by atoms with van der Waals surface area (Å²) >= 11 is 0. The lowest BCUT2D eigenvalue weighted by atomic mass is 9.89. The molecule has 0 N–H and O–H groups in total. The summed E-state index contributed by atoms with van der Waals surface area (Å²) in [7, 11) is 0. The van der Waals surface area contributed by atoms with Crippen molar-refractivity contribution >= 4 is 71.3 Å². The highest BCUT2D eigenvalue weighted by Gasteiger charge is 2.24. The van der Waals surface area contributed by atoms with Crippen LogP contribution in [0, 0.1) is 0 Å². The van der Waals surface area contributed by atoms with Crippen LogP contribution in [0.5, 0.6) is 0 Å². The van der Waals surface area contributed by atoms with Crippen molar-refractivity contribution in [1.29, 1.82) is 0 Å². The van der Waals surface area contributed by atoms with E-state index in [1.54, 1.807) is 0 Å². The van der Waals surface area contributed by atoms with Gasteiger partial charge in [0.25, 0.3) is 0 Å². The summed E-state index contributed by atoms with van der Waals surface area (Å²) in [5.74, 6) is 0. The minimum atomic E-state index is 0.878. The topological polar surface area (TPSA) is 16.4 Å². The molecule has 0 radical (unpaired) electrons. The highest BCUT2D eigenvalue weighted by Crippen LogP contribution is 2.49. The predicted molar refractivity (Wildman–Crippen MR) is 288 cm³/mol. The second-order valence-corrected chi connectivity index (χ2v) is 17.6. The second kappa shape index (κ2) is 16.5. The first-order chi connectivity index (χ1) is 33.7. The number of nitrogens with zero attached hydrogens (tertiary/aromatic N) is 1. The fourth-order valence-corrected chi connectivity index (χ4v) is 10.5. The minimum Gasteiger partial charge on any atom is -0.455 e. The number of benzene rings is 12. The summed E-state index contributed by atoms with van der Waals surface area (Å²) < 4.78 is 6.78. The Morgan fingerprint density at radius 2 is 0.721 bits per heavy atom. The van der Waals surface area contributed by atoms with Gasteiger partial charge < -0.3 is 9.32 Å². The van der Waals surface area contributed by atoms with Crippen LogP contribution in [0.25, 0.3) is 110 Å². The number of rotatable bonds is 8. The van der Waals surface area contributed by atoms with Gasteiger partial charge in [-0.25, -0.2) is 0 Å². The van der Waals surface area contributed by atoms with Crippen molar-refractivity contribution in [3.05, 3.63) is 261 Å². The number of para-hydroxylation sites is 2. The van der Waals surface area contributed by atoms with E-state index in [1.807, 2.05) is 6.07 Å². The fourth-order valence-electron chi connectivity index (χ4n) is 10.5. The molecule has 2 nitrogen and oxygen atoms in total. The monoisotopic (exact) mass is 865 g/mol. The first kappa shape index (κ1) is 39.4. The lowest BCUT2D eigenvalue weighted by molar-refractivity contribution is 0.670. The molecule has 0 aliphatic heterocycles. The highest BCUT2D eigenvalue weighted by molar-refractivity contribution is 6.25. The molecular formula is C66H43NO. The zero-order chi connectivity index (χ0) is 45.0. The van der Waals surface area contributed by atoms with E-state index in [-0.39, 0.29) is 0 Å². The van der Waals surface area contributed by atoms with E-state index < -0.39 is 0 Å². The smallest absolute Gasteiger partial charge is 0.143 e. The molecule has 0 bridgehead atoms. The van der Waals surface area contributed by atoms with Gasteiger partial charge in [-0.2, -0.15) is 0 Å². The number of hydrogen-bond donors (Lipinski definition) is 0. The lowest BCUT2D eigenvalue weighted by Crippen LogP contribution is -2.12. The summed E-state index contributed by atoms with van der Waals surface area (Å²) in [6.45, 7) is 0. The van der Waals surface area contributed by atoms with Crippen LogP contribution < -0.4 is 4.90 Å². The first-order valence-electron chi connectivity index (χ1n) is 23.3. The largest absolute Gasteiger partial charge is 0.455 e. The fraction of sp³-hybridized carbons (Fsp3) is 0. The van der Waals surface area contributed by atoms with Gasteiger partial charge in [0, 0.05) is 33.3 Å². The SMILES string of the molecule is c1ccc(-c2ccc(N(c3cccc(-c4ccc5c6ccccc6c6ccccc6c5c4)c3)c3cccc(-c4cccc5c4oc4ccccc45)c3-c3cccc(-c4ccccc4)c3)cc2)cc1. The summed E-state index contributed by atoms with van der Waals surface area (Å²) in [5, 5.41) is 9.81. The molecule has 0 amide bonds. The normalized spacial score (nSPS) is 11.5. The Balaban J connectivity index is 1.05. The van der Waals surface area contributed by atoms with Crippen molar-refractivity contribution in [2.24, 2.45) is 0 Å². The third kappa shape index (κ3) is 6.73. The second-order valence-electron chi connectivity index (χ2n) is 17.6. The van der Waals surface area contributed by atoms with E-state index >= 15 is 0 Å². The van der Waals surface area contributed by atoms with E-state index in [1.165, 1.54) is 54.6 Å². The molecule has 0 fully saturated rings. The van der Waals surface area contributed by atoms with E-state index in [2.05, 4.69) is 260 Å². The Bertz CT molecular complexity index is 3980. The van der Waals surface area contributed by atoms with Crippen LogP contribution in [0.4, 0.5) is 17.1 Å². The first-order valence-corrected chi connectivity index (χ1v) is 23.3. The number of hydrogen-bond acceptors (Lipinski definition) is 2. The van der Waals surface area contributed by atoms with Crippen LogP contribution in [0.2, 0.25) is 0 Å². The standard InChI is InChI=1S/C66H43NO/c1-3-17-44(18-4-1)46-35-38-51(39-36-46)67(52-24-14-22-48(42-52)49-37-40-57-55-27-8-7-25-53(55)54-26-9-10-28-56(54)62(57)43-49)63-33-16-30-59(61-32-15-31-60-58-29-11-12-34-64(58)68-66(60)61)65(63)50-23-13-21-47(41-50)45-19-5-2-6-20-45/h1-43H. The molecule has 0 saturated carbocycles. The zero-order valence-electron chi connectivity index (χ0n) is 37.2. The summed E-state index contributed by atoms with van der Waals surface area (Å²) in [5.41, 5.74) is 16.3. The van der Waals surface area contributed by atoms with Crippen LogP contribution in [-0.2, 0) is 0 Å². The molecule has 0 aliphatic rings. The third-order valence-corrected chi connectivity index (χ3v) is 13.7. The lowest BCUT2D eigenvalue weighted by Gasteiger charge is -2.30. The van der Waals surface area contributed by atoms with Gasteiger partial charge in [0.05, 0.1) is 5.69 Å². The van der Waals surface area contributed by atoms with Gasteiger partial charge in [-0.3, -0.25) is 0 Å². The number of fused-ring (bicyclic) bond motifs is 9. The van der Waals surface area contributed by atoms with E-state index in [0.29, 0.717) is 0 Å². The van der Waals surface area contributed by atoms with Crippen molar-refractivity contribution in [2.45, 2.75) is 0 Å². The van der Waals surface area contributed by atoms with E-state index in [4.69, 9.17) is 4.42 Å². The Morgan fingerprint density at radius 3 is 1.44 bits per heavy atom. The van der Waals surface area contributed by atoms with Gasteiger partial charge in [-0.05, 0) is 125 Å². The van der Waals surface area contributed by atoms with Gasteiger partial charge >= 0.3 is 0 Å². The maximum atomic E-state index is 6.78. The molecule has 0 unspecified atom stereocenters. The van der Waals surface area contributed by atoms with Crippen LogP contribution in [-0.4, -0.2) is 0 Å². The van der Waals surface area contributed by atoms with Gasteiger partial charge in [0.1, 0.15) is 11.2 Å². The molecule has 318 valence electrons. The van der Waals surface area contributed by atoms with Crippen molar-refractivity contribution < 1.29 is 4.42 Å². The van der Waals surface area contributed by atoms with Gasteiger partial charge in [0.15, 0.2) is 0 Å². The molecule has 13 aromatic rings. The maximum Gasteiger partial charge on any atom is 0.143 e. The Kier molecular flexibility index (Phi) is 9.54. The molecule has 1 heterocycles. The Morgan fingerprint density at radius 1 is 0.250 bits per heavy atom. The molecule has 68 heavy (non-hydrogen) atoms. The van der Waals surface area contributed by atoms with Crippen molar-refractivity contribution in [3.63, 3.8) is 0 Å². The molecule has 0 aliphatic carbocycles. The molecule has 1 aromatic heterocycles. The van der Waals surface area contributed by atoms with Gasteiger partial charge in [-0.1, -0.05) is 212 Å². The summed E-state index contributed by atoms with van der Waals surface area (Å²) in [6, 6.07) is 94.5. The Hall–Kier alpha value is -8.98. The molecule has 0 atom stereocenters. The average molecular weight is 866 g/mol. The van der Waals surface area contributed by atoms with Crippen molar-refractivity contribution in [3.8, 4) is 55.6 Å². The molecule has 0 saturated heterocycles. The number of anilines is 3. The predicted octanol–water partition coefficient (Wildman–Crippen LogP) is 18.9. The van der Waals surface area contributed by atoms with Gasteiger partial charge in [0.2, 0.25) is 0 Å². The maximum absolute atomic E-state index is 6.78. The molecular weight excluding hydrogens is 823 g/mol. The third-order valence-electron chi connectivity index (χ3n) is 13.7. The summed E-state index contributed by atoms with van der Waals surface area (Å²) in [6.07, 6.45) is 0. The van der Waals surface area contributed by atoms with Gasteiger partial charge in [-0.15, -0.1) is 0 Å². The van der Waals surface area contributed by atoms with Crippen LogP contribution in [0.1, 0.15) is 0 Å². The highest BCUT2D eigenvalue weighted by atomic mass is 16.3. The minimum absolute atomic E-state index is 0.878. The molecule has 12 aromatic carbocycles. The van der Waals surface area contributed by atoms with Crippen LogP contribution in [0.3, 0.4) is 0 Å². The molecule has 0 spiro atoms. The average Bonchev–Trinajstić information content (AvgIpc) is 3.81. The molecule has 2 heteroatoms. The van der Waals surface area contributed by atoms with Crippen LogP contribution in [0.15, 0.2) is 265 Å². The molecule has 13 rings (SSSR count). The van der Waals surface area contributed by atoms with E-state index in [9.17, 15) is 0 Å². The van der Waals surface area contributed by atoms with Crippen molar-refractivity contribution in [2.75, 3.05) is 4.90 Å². The summed E-state index contributed by atoms with van der Waals surface area (Å²) in [4.78, 5) is 2.44. The Labute approximate surface area is 395 Å². The van der Waals surface area contributed by atoms with Crippen LogP contribution >= 0.6 is 0 Å². The number of furan rings is 1. The quantitative estimate of drug-likeness (QED) is 0.142.